The maximum atomic E-state index is 13.5. The highest BCUT2D eigenvalue weighted by Crippen LogP contribution is 2.30. The summed E-state index contributed by atoms with van der Waals surface area (Å²) in [6.07, 6.45) is 11.4. The standard InChI is InChI=1S/C25H38N4O2/c1-19-12-16-29(17-13-19)24(30)22-18-21(10-11-23(22)28-14-6-3-7-15-28)27-25(31)26-20-8-4-2-5-9-20/h10-11,18-20H,2-9,12-17H2,1H3,(H2,26,27,31). The number of benzene rings is 1. The van der Waals surface area contributed by atoms with Crippen LogP contribution in [0.5, 0.6) is 0 Å². The molecule has 0 aromatic heterocycles. The van der Waals surface area contributed by atoms with E-state index >= 15 is 0 Å². The summed E-state index contributed by atoms with van der Waals surface area (Å²) in [5.74, 6) is 0.783. The molecule has 0 bridgehead atoms. The molecule has 3 fully saturated rings. The Morgan fingerprint density at radius 3 is 2.26 bits per heavy atom. The van der Waals surface area contributed by atoms with Crippen molar-refractivity contribution in [3.05, 3.63) is 23.8 Å². The van der Waals surface area contributed by atoms with Crippen LogP contribution in [-0.4, -0.2) is 49.1 Å². The number of amides is 3. The van der Waals surface area contributed by atoms with Crippen LogP contribution < -0.4 is 15.5 Å². The topological polar surface area (TPSA) is 64.7 Å². The smallest absolute Gasteiger partial charge is 0.319 e. The van der Waals surface area contributed by atoms with Crippen LogP contribution in [0, 0.1) is 5.92 Å². The number of carbonyl (C=O) groups excluding carboxylic acids is 2. The van der Waals surface area contributed by atoms with E-state index in [2.05, 4.69) is 22.5 Å². The van der Waals surface area contributed by atoms with Gasteiger partial charge in [-0.2, -0.15) is 0 Å². The number of urea groups is 1. The lowest BCUT2D eigenvalue weighted by molar-refractivity contribution is 0.0697. The first-order valence-corrected chi connectivity index (χ1v) is 12.4. The molecule has 0 spiro atoms. The number of likely N-dealkylation sites (tertiary alicyclic amines) is 1. The molecule has 1 aromatic carbocycles. The second-order valence-corrected chi connectivity index (χ2v) is 9.69. The van der Waals surface area contributed by atoms with Gasteiger partial charge in [0, 0.05) is 43.6 Å². The Kier molecular flexibility index (Phi) is 7.36. The van der Waals surface area contributed by atoms with E-state index in [1.54, 1.807) is 0 Å². The predicted octanol–water partition coefficient (Wildman–Crippen LogP) is 5.00. The van der Waals surface area contributed by atoms with Gasteiger partial charge < -0.3 is 20.4 Å². The van der Waals surface area contributed by atoms with E-state index in [1.165, 1.54) is 38.5 Å². The second kappa shape index (κ2) is 10.4. The van der Waals surface area contributed by atoms with Crippen LogP contribution in [0.4, 0.5) is 16.2 Å². The lowest BCUT2D eigenvalue weighted by Crippen LogP contribution is -2.40. The monoisotopic (exact) mass is 426 g/mol. The fourth-order valence-corrected chi connectivity index (χ4v) is 5.18. The number of piperidine rings is 2. The van der Waals surface area contributed by atoms with E-state index in [1.807, 2.05) is 23.1 Å². The molecule has 170 valence electrons. The first-order chi connectivity index (χ1) is 15.1. The Hall–Kier alpha value is -2.24. The zero-order valence-corrected chi connectivity index (χ0v) is 19.0. The summed E-state index contributed by atoms with van der Waals surface area (Å²) in [5.41, 5.74) is 2.44. The first-order valence-electron chi connectivity index (χ1n) is 12.4. The molecule has 0 atom stereocenters. The number of anilines is 2. The summed E-state index contributed by atoms with van der Waals surface area (Å²) in [5, 5.41) is 6.09. The van der Waals surface area contributed by atoms with E-state index in [4.69, 9.17) is 0 Å². The molecule has 2 saturated heterocycles. The van der Waals surface area contributed by atoms with Gasteiger partial charge >= 0.3 is 6.03 Å². The molecular formula is C25H38N4O2. The van der Waals surface area contributed by atoms with Crippen molar-refractivity contribution in [3.8, 4) is 0 Å². The van der Waals surface area contributed by atoms with Crippen molar-refractivity contribution in [1.29, 1.82) is 0 Å². The maximum Gasteiger partial charge on any atom is 0.319 e. The molecule has 1 saturated carbocycles. The fraction of sp³-hybridized carbons (Fsp3) is 0.680. The molecule has 2 heterocycles. The Bertz CT molecular complexity index is 761. The molecule has 0 radical (unpaired) electrons. The maximum absolute atomic E-state index is 13.5. The highest BCUT2D eigenvalue weighted by Gasteiger charge is 2.26. The van der Waals surface area contributed by atoms with Crippen molar-refractivity contribution in [2.75, 3.05) is 36.4 Å². The normalized spacial score (nSPS) is 21.1. The van der Waals surface area contributed by atoms with Gasteiger partial charge in [0.15, 0.2) is 0 Å². The summed E-state index contributed by atoms with van der Waals surface area (Å²) in [6, 6.07) is 5.96. The van der Waals surface area contributed by atoms with E-state index < -0.39 is 0 Å². The second-order valence-electron chi connectivity index (χ2n) is 9.69. The highest BCUT2D eigenvalue weighted by atomic mass is 16.2. The molecule has 31 heavy (non-hydrogen) atoms. The summed E-state index contributed by atoms with van der Waals surface area (Å²) in [4.78, 5) is 30.4. The zero-order valence-electron chi connectivity index (χ0n) is 19.0. The summed E-state index contributed by atoms with van der Waals surface area (Å²) < 4.78 is 0. The number of carbonyl (C=O) groups is 2. The van der Waals surface area contributed by atoms with Crippen molar-refractivity contribution in [1.82, 2.24) is 10.2 Å². The number of hydrogen-bond acceptors (Lipinski definition) is 3. The number of hydrogen-bond donors (Lipinski definition) is 2. The third-order valence-corrected chi connectivity index (χ3v) is 7.19. The van der Waals surface area contributed by atoms with Crippen molar-refractivity contribution in [2.45, 2.75) is 77.2 Å². The van der Waals surface area contributed by atoms with E-state index in [-0.39, 0.29) is 18.0 Å². The molecule has 4 rings (SSSR count). The van der Waals surface area contributed by atoms with Crippen LogP contribution in [0.2, 0.25) is 0 Å². The van der Waals surface area contributed by atoms with Crippen LogP contribution in [0.15, 0.2) is 18.2 Å². The Balaban J connectivity index is 1.51. The molecule has 6 heteroatoms. The summed E-state index contributed by atoms with van der Waals surface area (Å²) in [7, 11) is 0. The quantitative estimate of drug-likeness (QED) is 0.712. The van der Waals surface area contributed by atoms with Gasteiger partial charge in [0.1, 0.15) is 0 Å². The molecule has 2 aliphatic heterocycles. The van der Waals surface area contributed by atoms with Crippen LogP contribution in [0.25, 0.3) is 0 Å². The number of rotatable bonds is 4. The molecule has 1 aliphatic carbocycles. The zero-order chi connectivity index (χ0) is 21.6. The van der Waals surface area contributed by atoms with E-state index in [0.29, 0.717) is 11.6 Å². The van der Waals surface area contributed by atoms with Crippen molar-refractivity contribution in [2.24, 2.45) is 5.92 Å². The van der Waals surface area contributed by atoms with Gasteiger partial charge in [0.25, 0.3) is 5.91 Å². The van der Waals surface area contributed by atoms with Crippen molar-refractivity contribution >= 4 is 23.3 Å². The van der Waals surface area contributed by atoms with E-state index in [9.17, 15) is 9.59 Å². The van der Waals surface area contributed by atoms with Crippen LogP contribution >= 0.6 is 0 Å². The molecular weight excluding hydrogens is 388 g/mol. The van der Waals surface area contributed by atoms with Gasteiger partial charge in [-0.25, -0.2) is 4.79 Å². The summed E-state index contributed by atoms with van der Waals surface area (Å²) in [6.45, 7) is 5.88. The first kappa shape index (κ1) is 22.0. The number of nitrogens with zero attached hydrogens (tertiary/aromatic N) is 2. The minimum absolute atomic E-state index is 0.101. The Morgan fingerprint density at radius 1 is 0.871 bits per heavy atom. The van der Waals surface area contributed by atoms with Gasteiger partial charge in [0.05, 0.1) is 5.56 Å². The van der Waals surface area contributed by atoms with Gasteiger partial charge in [-0.05, 0) is 69.1 Å². The third kappa shape index (κ3) is 5.72. The van der Waals surface area contributed by atoms with Crippen molar-refractivity contribution < 1.29 is 9.59 Å². The van der Waals surface area contributed by atoms with Crippen LogP contribution in [0.3, 0.4) is 0 Å². The lowest BCUT2D eigenvalue weighted by Gasteiger charge is -2.34. The van der Waals surface area contributed by atoms with Gasteiger partial charge in [-0.15, -0.1) is 0 Å². The lowest BCUT2D eigenvalue weighted by atomic mass is 9.96. The largest absolute Gasteiger partial charge is 0.371 e. The minimum Gasteiger partial charge on any atom is -0.371 e. The highest BCUT2D eigenvalue weighted by molar-refractivity contribution is 6.02. The van der Waals surface area contributed by atoms with Crippen molar-refractivity contribution in [3.63, 3.8) is 0 Å². The molecule has 1 aromatic rings. The van der Waals surface area contributed by atoms with Gasteiger partial charge in [-0.3, -0.25) is 4.79 Å². The molecule has 0 unspecified atom stereocenters. The Labute approximate surface area is 186 Å². The van der Waals surface area contributed by atoms with Gasteiger partial charge in [0.2, 0.25) is 0 Å². The average Bonchev–Trinajstić information content (AvgIpc) is 2.80. The molecule has 6 nitrogen and oxygen atoms in total. The molecule has 3 amide bonds. The minimum atomic E-state index is -0.164. The average molecular weight is 427 g/mol. The van der Waals surface area contributed by atoms with E-state index in [0.717, 1.165) is 63.1 Å². The fourth-order valence-electron chi connectivity index (χ4n) is 5.18. The van der Waals surface area contributed by atoms with Crippen LogP contribution in [0.1, 0.15) is 81.5 Å². The third-order valence-electron chi connectivity index (χ3n) is 7.19. The number of nitrogens with one attached hydrogen (secondary N) is 2. The van der Waals surface area contributed by atoms with Gasteiger partial charge in [-0.1, -0.05) is 26.2 Å². The Morgan fingerprint density at radius 2 is 1.55 bits per heavy atom. The SMILES string of the molecule is CC1CCN(C(=O)c2cc(NC(=O)NC3CCCCC3)ccc2N2CCCCC2)CC1. The van der Waals surface area contributed by atoms with Crippen LogP contribution in [-0.2, 0) is 0 Å². The molecule has 3 aliphatic rings. The molecule has 2 N–H and O–H groups in total. The summed E-state index contributed by atoms with van der Waals surface area (Å²) >= 11 is 0. The predicted molar refractivity (Wildman–Crippen MR) is 126 cm³/mol.